The van der Waals surface area contributed by atoms with Gasteiger partial charge in [-0.15, -0.1) is 0 Å². The first-order valence-electron chi connectivity index (χ1n) is 6.57. The molecule has 0 saturated carbocycles. The number of fused-ring (bicyclic) bond motifs is 1. The van der Waals surface area contributed by atoms with Gasteiger partial charge in [-0.3, -0.25) is 4.79 Å². The topological polar surface area (TPSA) is 92.0 Å². The van der Waals surface area contributed by atoms with Crippen LogP contribution in [0.3, 0.4) is 0 Å². The van der Waals surface area contributed by atoms with Gasteiger partial charge in [0.1, 0.15) is 6.04 Å². The van der Waals surface area contributed by atoms with E-state index < -0.39 is 12.0 Å². The Morgan fingerprint density at radius 2 is 1.81 bits per heavy atom. The summed E-state index contributed by atoms with van der Waals surface area (Å²) >= 11 is 0. The first kappa shape index (κ1) is 14.7. The SMILES string of the molecule is N[C@@H](Cc1ccccc1)C(=O)O.c1ccc2[nH]cnc2c1. The number of carboxylic acids is 1. The molecule has 108 valence electrons. The van der Waals surface area contributed by atoms with Crippen molar-refractivity contribution in [3.63, 3.8) is 0 Å². The van der Waals surface area contributed by atoms with Gasteiger partial charge in [0.15, 0.2) is 0 Å². The van der Waals surface area contributed by atoms with Gasteiger partial charge in [0.05, 0.1) is 17.4 Å². The summed E-state index contributed by atoms with van der Waals surface area (Å²) in [6.07, 6.45) is 2.08. The Morgan fingerprint density at radius 3 is 2.48 bits per heavy atom. The number of imidazole rings is 1. The molecule has 0 aliphatic heterocycles. The zero-order chi connectivity index (χ0) is 15.1. The van der Waals surface area contributed by atoms with Crippen molar-refractivity contribution in [3.05, 3.63) is 66.5 Å². The van der Waals surface area contributed by atoms with Gasteiger partial charge in [0.2, 0.25) is 0 Å². The molecule has 0 radical (unpaired) electrons. The second-order valence-electron chi connectivity index (χ2n) is 4.55. The fraction of sp³-hybridized carbons (Fsp3) is 0.125. The van der Waals surface area contributed by atoms with Crippen LogP contribution in [0.2, 0.25) is 0 Å². The third kappa shape index (κ3) is 4.43. The molecule has 0 aliphatic rings. The van der Waals surface area contributed by atoms with Gasteiger partial charge in [-0.1, -0.05) is 42.5 Å². The summed E-state index contributed by atoms with van der Waals surface area (Å²) < 4.78 is 0. The number of hydrogen-bond acceptors (Lipinski definition) is 3. The van der Waals surface area contributed by atoms with Crippen molar-refractivity contribution in [2.45, 2.75) is 12.5 Å². The number of aliphatic carboxylic acids is 1. The number of carboxylic acid groups (broad SMARTS) is 1. The van der Waals surface area contributed by atoms with Crippen LogP contribution in [0.1, 0.15) is 5.56 Å². The van der Waals surface area contributed by atoms with Crippen molar-refractivity contribution in [1.82, 2.24) is 9.97 Å². The summed E-state index contributed by atoms with van der Waals surface area (Å²) in [6.45, 7) is 0. The van der Waals surface area contributed by atoms with Crippen LogP contribution in [0.25, 0.3) is 11.0 Å². The predicted molar refractivity (Wildman–Crippen MR) is 81.9 cm³/mol. The normalized spacial score (nSPS) is 11.5. The standard InChI is InChI=1S/C9H11NO2.C7H6N2/c10-8(9(11)12)6-7-4-2-1-3-5-7;1-2-4-7-6(3-1)8-5-9-7/h1-5,8H,6,10H2,(H,11,12);1-5H,(H,8,9)/t8-;/m0./s1. The minimum Gasteiger partial charge on any atom is -0.480 e. The van der Waals surface area contributed by atoms with Gasteiger partial charge in [0, 0.05) is 0 Å². The van der Waals surface area contributed by atoms with E-state index in [2.05, 4.69) is 9.97 Å². The fourth-order valence-corrected chi connectivity index (χ4v) is 1.83. The molecule has 1 heterocycles. The number of hydrogen-bond donors (Lipinski definition) is 3. The van der Waals surface area contributed by atoms with E-state index in [1.165, 1.54) is 0 Å². The lowest BCUT2D eigenvalue weighted by Crippen LogP contribution is -2.32. The Bertz CT molecular complexity index is 665. The summed E-state index contributed by atoms with van der Waals surface area (Å²) in [4.78, 5) is 17.5. The third-order valence-electron chi connectivity index (χ3n) is 2.94. The van der Waals surface area contributed by atoms with Crippen molar-refractivity contribution in [3.8, 4) is 0 Å². The van der Waals surface area contributed by atoms with Gasteiger partial charge in [-0.2, -0.15) is 0 Å². The number of nitrogens with one attached hydrogen (secondary N) is 1. The minimum atomic E-state index is -0.959. The predicted octanol–water partition coefficient (Wildman–Crippen LogP) is 2.20. The van der Waals surface area contributed by atoms with E-state index in [0.29, 0.717) is 6.42 Å². The molecular weight excluding hydrogens is 266 g/mol. The monoisotopic (exact) mass is 283 g/mol. The first-order valence-corrected chi connectivity index (χ1v) is 6.57. The Kier molecular flexibility index (Phi) is 5.06. The van der Waals surface area contributed by atoms with E-state index in [-0.39, 0.29) is 0 Å². The first-order chi connectivity index (χ1) is 10.2. The maximum absolute atomic E-state index is 10.4. The molecule has 1 atom stereocenters. The summed E-state index contributed by atoms with van der Waals surface area (Å²) in [5.41, 5.74) is 8.42. The number of H-pyrrole nitrogens is 1. The van der Waals surface area contributed by atoms with Crippen molar-refractivity contribution in [2.75, 3.05) is 0 Å². The number of nitrogens with two attached hydrogens (primary N) is 1. The number of aromatic amines is 1. The number of carbonyl (C=O) groups is 1. The van der Waals surface area contributed by atoms with E-state index >= 15 is 0 Å². The lowest BCUT2D eigenvalue weighted by Gasteiger charge is -2.04. The lowest BCUT2D eigenvalue weighted by molar-refractivity contribution is -0.138. The second kappa shape index (κ2) is 7.21. The Labute approximate surface area is 122 Å². The highest BCUT2D eigenvalue weighted by Gasteiger charge is 2.10. The number of benzene rings is 2. The fourth-order valence-electron chi connectivity index (χ4n) is 1.83. The number of nitrogens with zero attached hydrogens (tertiary/aromatic N) is 1. The van der Waals surface area contributed by atoms with E-state index in [4.69, 9.17) is 10.8 Å². The molecule has 5 heteroatoms. The average molecular weight is 283 g/mol. The summed E-state index contributed by atoms with van der Waals surface area (Å²) in [7, 11) is 0. The molecule has 1 aromatic heterocycles. The van der Waals surface area contributed by atoms with Crippen molar-refractivity contribution < 1.29 is 9.90 Å². The van der Waals surface area contributed by atoms with Crippen molar-refractivity contribution in [1.29, 1.82) is 0 Å². The van der Waals surface area contributed by atoms with Gasteiger partial charge < -0.3 is 15.8 Å². The van der Waals surface area contributed by atoms with Crippen LogP contribution >= 0.6 is 0 Å². The van der Waals surface area contributed by atoms with Crippen LogP contribution in [0.4, 0.5) is 0 Å². The van der Waals surface area contributed by atoms with Crippen LogP contribution in [0.5, 0.6) is 0 Å². The third-order valence-corrected chi connectivity index (χ3v) is 2.94. The van der Waals surface area contributed by atoms with Gasteiger partial charge >= 0.3 is 5.97 Å². The highest BCUT2D eigenvalue weighted by Crippen LogP contribution is 2.05. The van der Waals surface area contributed by atoms with Crippen LogP contribution in [-0.2, 0) is 11.2 Å². The number of para-hydroxylation sites is 2. The summed E-state index contributed by atoms with van der Waals surface area (Å²) in [5.74, 6) is -0.959. The van der Waals surface area contributed by atoms with Crippen LogP contribution < -0.4 is 5.73 Å². The highest BCUT2D eigenvalue weighted by atomic mass is 16.4. The molecule has 0 spiro atoms. The van der Waals surface area contributed by atoms with Crippen LogP contribution in [0, 0.1) is 0 Å². The quantitative estimate of drug-likeness (QED) is 0.687. The summed E-state index contributed by atoms with van der Waals surface area (Å²) in [6, 6.07) is 16.5. The molecule has 0 amide bonds. The Hall–Kier alpha value is -2.66. The molecule has 0 aliphatic carbocycles. The highest BCUT2D eigenvalue weighted by molar-refractivity contribution is 5.74. The van der Waals surface area contributed by atoms with E-state index in [1.54, 1.807) is 6.33 Å². The van der Waals surface area contributed by atoms with Gasteiger partial charge in [0.25, 0.3) is 0 Å². The smallest absolute Gasteiger partial charge is 0.320 e. The number of aromatic nitrogens is 2. The van der Waals surface area contributed by atoms with E-state index in [9.17, 15) is 4.79 Å². The molecule has 0 unspecified atom stereocenters. The maximum Gasteiger partial charge on any atom is 0.320 e. The van der Waals surface area contributed by atoms with Crippen molar-refractivity contribution in [2.24, 2.45) is 5.73 Å². The largest absolute Gasteiger partial charge is 0.480 e. The molecule has 0 fully saturated rings. The molecule has 0 bridgehead atoms. The molecule has 21 heavy (non-hydrogen) atoms. The lowest BCUT2D eigenvalue weighted by atomic mass is 10.1. The number of rotatable bonds is 3. The molecule has 3 rings (SSSR count). The Balaban J connectivity index is 0.000000159. The maximum atomic E-state index is 10.4. The second-order valence-corrected chi connectivity index (χ2v) is 4.55. The average Bonchev–Trinajstić information content (AvgIpc) is 2.97. The van der Waals surface area contributed by atoms with Crippen molar-refractivity contribution >= 4 is 17.0 Å². The zero-order valence-corrected chi connectivity index (χ0v) is 11.4. The van der Waals surface area contributed by atoms with Gasteiger partial charge in [-0.05, 0) is 24.1 Å². The molecule has 3 aromatic rings. The molecule has 4 N–H and O–H groups in total. The molecule has 5 nitrogen and oxygen atoms in total. The van der Waals surface area contributed by atoms with E-state index in [1.807, 2.05) is 54.6 Å². The molecule has 0 saturated heterocycles. The van der Waals surface area contributed by atoms with Crippen LogP contribution in [0.15, 0.2) is 60.9 Å². The zero-order valence-electron chi connectivity index (χ0n) is 11.4. The van der Waals surface area contributed by atoms with Gasteiger partial charge in [-0.25, -0.2) is 4.98 Å². The molecular formula is C16H17N3O2. The summed E-state index contributed by atoms with van der Waals surface area (Å²) in [5, 5.41) is 8.52. The minimum absolute atomic E-state index is 0.385. The van der Waals surface area contributed by atoms with Crippen LogP contribution in [-0.4, -0.2) is 27.1 Å². The van der Waals surface area contributed by atoms with E-state index in [0.717, 1.165) is 16.6 Å². The Morgan fingerprint density at radius 1 is 1.14 bits per heavy atom. The molecule has 2 aromatic carbocycles.